The summed E-state index contributed by atoms with van der Waals surface area (Å²) in [4.78, 5) is 2.20. The second kappa shape index (κ2) is 7.92. The number of hydrogen-bond acceptors (Lipinski definition) is 3. The maximum absolute atomic E-state index is 6.74. The number of benzene rings is 3. The van der Waals surface area contributed by atoms with Gasteiger partial charge in [0.1, 0.15) is 5.60 Å². The molecule has 1 fully saturated rings. The van der Waals surface area contributed by atoms with Crippen molar-refractivity contribution in [3.63, 3.8) is 0 Å². The van der Waals surface area contributed by atoms with Crippen LogP contribution in [-0.2, 0) is 14.9 Å². The van der Waals surface area contributed by atoms with E-state index in [-0.39, 0.29) is 6.04 Å². The second-order valence-corrected chi connectivity index (χ2v) is 7.59. The average Bonchev–Trinajstić information content (AvgIpc) is 3.21. The Morgan fingerprint density at radius 3 is 1.93 bits per heavy atom. The summed E-state index contributed by atoms with van der Waals surface area (Å²) in [6.07, 6.45) is 0. The molecule has 3 aromatic carbocycles. The molecule has 1 heterocycles. The third-order valence-electron chi connectivity index (χ3n) is 5.70. The van der Waals surface area contributed by atoms with Gasteiger partial charge < -0.3 is 14.2 Å². The van der Waals surface area contributed by atoms with Gasteiger partial charge in [-0.05, 0) is 43.2 Å². The van der Waals surface area contributed by atoms with Crippen LogP contribution in [0.4, 0.5) is 0 Å². The van der Waals surface area contributed by atoms with Crippen LogP contribution in [0.15, 0.2) is 84.9 Å². The van der Waals surface area contributed by atoms with Gasteiger partial charge in [0.25, 0.3) is 0 Å². The molecule has 0 bridgehead atoms. The minimum Gasteiger partial charge on any atom is -0.404 e. The van der Waals surface area contributed by atoms with Crippen molar-refractivity contribution in [2.75, 3.05) is 20.7 Å². The Hall–Kier alpha value is -2.40. The Morgan fingerprint density at radius 2 is 1.36 bits per heavy atom. The lowest BCUT2D eigenvalue weighted by atomic mass is 9.74. The van der Waals surface area contributed by atoms with Crippen LogP contribution in [0.2, 0.25) is 0 Å². The molecular formula is C24H26BNO2. The molecule has 0 aliphatic carbocycles. The fraction of sp³-hybridized carbons (Fsp3) is 0.250. The first kappa shape index (κ1) is 18.9. The molecule has 0 radical (unpaired) electrons. The van der Waals surface area contributed by atoms with E-state index in [4.69, 9.17) is 9.31 Å². The van der Waals surface area contributed by atoms with Crippen molar-refractivity contribution in [1.82, 2.24) is 4.90 Å². The molecule has 142 valence electrons. The van der Waals surface area contributed by atoms with Crippen molar-refractivity contribution >= 4 is 12.6 Å². The third kappa shape index (κ3) is 3.40. The normalized spacial score (nSPS) is 17.1. The van der Waals surface area contributed by atoms with Gasteiger partial charge in [-0.15, -0.1) is 0 Å². The molecule has 3 aromatic rings. The second-order valence-electron chi connectivity index (χ2n) is 7.59. The summed E-state index contributed by atoms with van der Waals surface area (Å²) >= 11 is 0. The summed E-state index contributed by atoms with van der Waals surface area (Å²) in [5.41, 5.74) is 3.94. The molecule has 1 unspecified atom stereocenters. The SMILES string of the molecule is CC(c1ccccc1B1OCC(c2ccccc2)(c2ccccc2)O1)N(C)C. The van der Waals surface area contributed by atoms with E-state index in [1.807, 2.05) is 12.1 Å². The minimum absolute atomic E-state index is 0.270. The first-order valence-electron chi connectivity index (χ1n) is 9.77. The molecule has 0 aromatic heterocycles. The standard InChI is InChI=1S/C24H26BNO2/c1-19(26(2)3)22-16-10-11-17-23(22)25-27-18-24(28-25,20-12-6-4-7-13-20)21-14-8-5-9-15-21/h4-17,19H,18H2,1-3H3. The van der Waals surface area contributed by atoms with Gasteiger partial charge in [0.05, 0.1) is 6.61 Å². The highest BCUT2D eigenvalue weighted by atomic mass is 16.7. The van der Waals surface area contributed by atoms with Crippen molar-refractivity contribution in [3.8, 4) is 0 Å². The maximum atomic E-state index is 6.74. The highest BCUT2D eigenvalue weighted by Crippen LogP contribution is 2.39. The van der Waals surface area contributed by atoms with E-state index in [0.717, 1.165) is 16.6 Å². The van der Waals surface area contributed by atoms with Gasteiger partial charge in [-0.3, -0.25) is 0 Å². The van der Waals surface area contributed by atoms with E-state index in [1.54, 1.807) is 0 Å². The van der Waals surface area contributed by atoms with Crippen LogP contribution < -0.4 is 5.46 Å². The fourth-order valence-corrected chi connectivity index (χ4v) is 3.87. The molecule has 1 aliphatic rings. The topological polar surface area (TPSA) is 21.7 Å². The molecule has 0 N–H and O–H groups in total. The number of nitrogens with zero attached hydrogens (tertiary/aromatic N) is 1. The van der Waals surface area contributed by atoms with Gasteiger partial charge in [-0.25, -0.2) is 0 Å². The molecule has 0 spiro atoms. The molecule has 0 amide bonds. The minimum atomic E-state index is -0.609. The van der Waals surface area contributed by atoms with Gasteiger partial charge in [0, 0.05) is 6.04 Å². The first-order valence-corrected chi connectivity index (χ1v) is 9.77. The molecule has 0 saturated carbocycles. The van der Waals surface area contributed by atoms with Crippen LogP contribution in [0, 0.1) is 0 Å². The zero-order valence-corrected chi connectivity index (χ0v) is 16.7. The van der Waals surface area contributed by atoms with E-state index < -0.39 is 12.7 Å². The lowest BCUT2D eigenvalue weighted by Crippen LogP contribution is -2.40. The first-order chi connectivity index (χ1) is 13.6. The van der Waals surface area contributed by atoms with Crippen LogP contribution in [0.3, 0.4) is 0 Å². The quantitative estimate of drug-likeness (QED) is 0.633. The molecule has 1 saturated heterocycles. The smallest absolute Gasteiger partial charge is 0.404 e. The van der Waals surface area contributed by atoms with E-state index in [0.29, 0.717) is 6.61 Å². The Kier molecular flexibility index (Phi) is 5.36. The average molecular weight is 371 g/mol. The molecule has 4 heteroatoms. The van der Waals surface area contributed by atoms with Gasteiger partial charge in [-0.2, -0.15) is 0 Å². The molecule has 3 nitrogen and oxygen atoms in total. The van der Waals surface area contributed by atoms with E-state index in [1.165, 1.54) is 5.56 Å². The van der Waals surface area contributed by atoms with E-state index in [2.05, 4.69) is 98.7 Å². The van der Waals surface area contributed by atoms with Crippen LogP contribution in [-0.4, -0.2) is 32.7 Å². The van der Waals surface area contributed by atoms with Crippen molar-refractivity contribution in [3.05, 3.63) is 102 Å². The summed E-state index contributed by atoms with van der Waals surface area (Å²) in [5.74, 6) is 0. The summed E-state index contributed by atoms with van der Waals surface area (Å²) in [6, 6.07) is 29.4. The van der Waals surface area contributed by atoms with Crippen molar-refractivity contribution in [1.29, 1.82) is 0 Å². The number of rotatable bonds is 5. The lowest BCUT2D eigenvalue weighted by molar-refractivity contribution is 0.139. The predicted octanol–water partition coefficient (Wildman–Crippen LogP) is 4.00. The van der Waals surface area contributed by atoms with E-state index >= 15 is 0 Å². The number of hydrogen-bond donors (Lipinski definition) is 0. The Balaban J connectivity index is 1.75. The molecule has 28 heavy (non-hydrogen) atoms. The monoisotopic (exact) mass is 371 g/mol. The van der Waals surface area contributed by atoms with Crippen LogP contribution in [0.5, 0.6) is 0 Å². The zero-order chi connectivity index (χ0) is 19.6. The van der Waals surface area contributed by atoms with Gasteiger partial charge >= 0.3 is 7.12 Å². The highest BCUT2D eigenvalue weighted by molar-refractivity contribution is 6.62. The molecule has 1 atom stereocenters. The Labute approximate surface area is 168 Å². The zero-order valence-electron chi connectivity index (χ0n) is 16.7. The summed E-state index contributed by atoms with van der Waals surface area (Å²) < 4.78 is 13.0. The summed E-state index contributed by atoms with van der Waals surface area (Å²) in [6.45, 7) is 2.69. The van der Waals surface area contributed by atoms with E-state index in [9.17, 15) is 0 Å². The predicted molar refractivity (Wildman–Crippen MR) is 115 cm³/mol. The van der Waals surface area contributed by atoms with Gasteiger partial charge in [0.15, 0.2) is 0 Å². The summed E-state index contributed by atoms with van der Waals surface area (Å²) in [5, 5.41) is 0. The molecule has 1 aliphatic heterocycles. The van der Waals surface area contributed by atoms with Crippen molar-refractivity contribution in [2.24, 2.45) is 0 Å². The molecule has 4 rings (SSSR count). The largest absolute Gasteiger partial charge is 0.495 e. The Bertz CT molecular complexity index is 875. The highest BCUT2D eigenvalue weighted by Gasteiger charge is 2.48. The van der Waals surface area contributed by atoms with Crippen LogP contribution >= 0.6 is 0 Å². The van der Waals surface area contributed by atoms with Gasteiger partial charge in [-0.1, -0.05) is 84.9 Å². The van der Waals surface area contributed by atoms with Crippen molar-refractivity contribution in [2.45, 2.75) is 18.6 Å². The van der Waals surface area contributed by atoms with Crippen molar-refractivity contribution < 1.29 is 9.31 Å². The van der Waals surface area contributed by atoms with Crippen LogP contribution in [0.25, 0.3) is 0 Å². The fourth-order valence-electron chi connectivity index (χ4n) is 3.87. The molecular weight excluding hydrogens is 345 g/mol. The summed E-state index contributed by atoms with van der Waals surface area (Å²) in [7, 11) is 3.78. The van der Waals surface area contributed by atoms with Crippen LogP contribution in [0.1, 0.15) is 29.7 Å². The van der Waals surface area contributed by atoms with Gasteiger partial charge in [0.2, 0.25) is 0 Å². The Morgan fingerprint density at radius 1 is 0.821 bits per heavy atom. The maximum Gasteiger partial charge on any atom is 0.495 e. The lowest BCUT2D eigenvalue weighted by Gasteiger charge is -2.30. The third-order valence-corrected chi connectivity index (χ3v) is 5.70.